The van der Waals surface area contributed by atoms with E-state index in [0.717, 1.165) is 18.2 Å². The van der Waals surface area contributed by atoms with E-state index in [1.807, 2.05) is 6.92 Å². The molecule has 0 aliphatic heterocycles. The van der Waals surface area contributed by atoms with Crippen LogP contribution in [0.2, 0.25) is 0 Å². The van der Waals surface area contributed by atoms with Gasteiger partial charge in [-0.2, -0.15) is 0 Å². The molecule has 0 saturated carbocycles. The number of aliphatic hydroxyl groups is 1. The normalized spacial score (nSPS) is 15.7. The largest absolute Gasteiger partial charge is 0.480 e. The number of nitrogens with one attached hydrogen (secondary N) is 1. The maximum atomic E-state index is 13.5. The third-order valence-electron chi connectivity index (χ3n) is 3.33. The highest BCUT2D eigenvalue weighted by Gasteiger charge is 2.24. The zero-order valence-corrected chi connectivity index (χ0v) is 11.4. The molecular weight excluding hydrogens is 268 g/mol. The van der Waals surface area contributed by atoms with Crippen LogP contribution in [0.15, 0.2) is 18.2 Å². The Hall–Kier alpha value is -1.53. The average Bonchev–Trinajstić information content (AvgIpc) is 2.40. The number of hydrogen-bond acceptors (Lipinski definition) is 3. The van der Waals surface area contributed by atoms with Gasteiger partial charge < -0.3 is 15.5 Å². The molecule has 1 rings (SSSR count). The van der Waals surface area contributed by atoms with E-state index in [9.17, 15) is 18.7 Å². The molecule has 3 N–H and O–H groups in total. The molecule has 4 nitrogen and oxygen atoms in total. The van der Waals surface area contributed by atoms with E-state index in [0.29, 0.717) is 6.42 Å². The van der Waals surface area contributed by atoms with Crippen molar-refractivity contribution in [3.63, 3.8) is 0 Å². The number of rotatable bonds is 7. The van der Waals surface area contributed by atoms with Crippen LogP contribution < -0.4 is 5.32 Å². The van der Waals surface area contributed by atoms with Crippen molar-refractivity contribution in [3.8, 4) is 0 Å². The summed E-state index contributed by atoms with van der Waals surface area (Å²) in [5, 5.41) is 21.6. The molecule has 20 heavy (non-hydrogen) atoms. The molecule has 0 aromatic heterocycles. The second-order valence-corrected chi connectivity index (χ2v) is 4.79. The Morgan fingerprint density at radius 2 is 2.05 bits per heavy atom. The minimum absolute atomic E-state index is 0.142. The van der Waals surface area contributed by atoms with Crippen LogP contribution in [0.25, 0.3) is 0 Å². The van der Waals surface area contributed by atoms with Gasteiger partial charge >= 0.3 is 5.97 Å². The number of carboxylic acids is 1. The molecule has 1 aromatic carbocycles. The fourth-order valence-corrected chi connectivity index (χ4v) is 1.89. The lowest BCUT2D eigenvalue weighted by molar-refractivity contribution is -0.141. The topological polar surface area (TPSA) is 69.6 Å². The smallest absolute Gasteiger partial charge is 0.320 e. The highest BCUT2D eigenvalue weighted by molar-refractivity contribution is 5.73. The van der Waals surface area contributed by atoms with Gasteiger partial charge in [-0.1, -0.05) is 20.3 Å². The first-order chi connectivity index (χ1) is 9.36. The molecule has 3 unspecified atom stereocenters. The Morgan fingerprint density at radius 1 is 1.40 bits per heavy atom. The molecule has 0 radical (unpaired) electrons. The summed E-state index contributed by atoms with van der Waals surface area (Å²) in [6.45, 7) is 3.45. The summed E-state index contributed by atoms with van der Waals surface area (Å²) in [6, 6.07) is 1.95. The molecule has 0 heterocycles. The van der Waals surface area contributed by atoms with E-state index in [1.54, 1.807) is 6.92 Å². The summed E-state index contributed by atoms with van der Waals surface area (Å²) in [7, 11) is 0. The van der Waals surface area contributed by atoms with Crippen molar-refractivity contribution in [1.29, 1.82) is 0 Å². The average molecular weight is 287 g/mol. The second kappa shape index (κ2) is 7.31. The summed E-state index contributed by atoms with van der Waals surface area (Å²) < 4.78 is 26.5. The van der Waals surface area contributed by atoms with Crippen molar-refractivity contribution in [3.05, 3.63) is 35.4 Å². The third-order valence-corrected chi connectivity index (χ3v) is 3.33. The van der Waals surface area contributed by atoms with Gasteiger partial charge in [-0.05, 0) is 24.1 Å². The van der Waals surface area contributed by atoms with Crippen LogP contribution in [0.1, 0.15) is 31.9 Å². The van der Waals surface area contributed by atoms with Gasteiger partial charge in [-0.3, -0.25) is 4.79 Å². The summed E-state index contributed by atoms with van der Waals surface area (Å²) in [4.78, 5) is 11.1. The molecule has 0 aliphatic carbocycles. The predicted molar refractivity (Wildman–Crippen MR) is 70.2 cm³/mol. The molecule has 0 aliphatic rings. The lowest BCUT2D eigenvalue weighted by Gasteiger charge is -2.22. The molecule has 0 fully saturated rings. The van der Waals surface area contributed by atoms with Gasteiger partial charge in [-0.25, -0.2) is 8.78 Å². The van der Waals surface area contributed by atoms with Crippen LogP contribution in [0, 0.1) is 17.6 Å². The number of benzene rings is 1. The Labute approximate surface area is 116 Å². The number of aliphatic hydroxyl groups excluding tert-OH is 1. The first kappa shape index (κ1) is 16.5. The van der Waals surface area contributed by atoms with Crippen molar-refractivity contribution < 1.29 is 23.8 Å². The van der Waals surface area contributed by atoms with E-state index in [2.05, 4.69) is 5.32 Å². The number of halogens is 2. The van der Waals surface area contributed by atoms with Gasteiger partial charge in [0, 0.05) is 12.1 Å². The number of carboxylic acid groups (broad SMARTS) is 1. The van der Waals surface area contributed by atoms with E-state index in [4.69, 9.17) is 5.11 Å². The van der Waals surface area contributed by atoms with Crippen molar-refractivity contribution in [2.75, 3.05) is 6.54 Å². The lowest BCUT2D eigenvalue weighted by atomic mass is 9.98. The Bertz CT molecular complexity index is 468. The van der Waals surface area contributed by atoms with Gasteiger partial charge in [0.2, 0.25) is 0 Å². The zero-order chi connectivity index (χ0) is 15.3. The van der Waals surface area contributed by atoms with Crippen LogP contribution in [-0.4, -0.2) is 28.8 Å². The molecule has 0 saturated heterocycles. The van der Waals surface area contributed by atoms with E-state index >= 15 is 0 Å². The maximum Gasteiger partial charge on any atom is 0.320 e. The quantitative estimate of drug-likeness (QED) is 0.718. The highest BCUT2D eigenvalue weighted by Crippen LogP contribution is 2.18. The van der Waals surface area contributed by atoms with E-state index < -0.39 is 29.7 Å². The molecule has 3 atom stereocenters. The maximum absolute atomic E-state index is 13.5. The SMILES string of the molecule is CCC(C)C(NCC(O)c1cc(F)ccc1F)C(=O)O. The first-order valence-electron chi connectivity index (χ1n) is 6.46. The molecule has 0 spiro atoms. The number of hydrogen-bond donors (Lipinski definition) is 3. The molecule has 1 aromatic rings. The predicted octanol–water partition coefficient (Wildman–Crippen LogP) is 2.09. The number of carbonyl (C=O) groups is 1. The first-order valence-corrected chi connectivity index (χ1v) is 6.46. The molecule has 6 heteroatoms. The molecule has 112 valence electrons. The summed E-state index contributed by atoms with van der Waals surface area (Å²) in [5.74, 6) is -2.56. The minimum Gasteiger partial charge on any atom is -0.480 e. The van der Waals surface area contributed by atoms with Gasteiger partial charge in [0.05, 0.1) is 6.10 Å². The van der Waals surface area contributed by atoms with Crippen LogP contribution in [-0.2, 0) is 4.79 Å². The summed E-state index contributed by atoms with van der Waals surface area (Å²) in [6.07, 6.45) is -0.661. The van der Waals surface area contributed by atoms with Gasteiger partial charge in [0.25, 0.3) is 0 Å². The van der Waals surface area contributed by atoms with Crippen LogP contribution >= 0.6 is 0 Å². The molecule has 0 amide bonds. The Balaban J connectivity index is 2.72. The van der Waals surface area contributed by atoms with Crippen LogP contribution in [0.4, 0.5) is 8.78 Å². The van der Waals surface area contributed by atoms with Gasteiger partial charge in [0.15, 0.2) is 0 Å². The summed E-state index contributed by atoms with van der Waals surface area (Å²) >= 11 is 0. The molecule has 0 bridgehead atoms. The fourth-order valence-electron chi connectivity index (χ4n) is 1.89. The van der Waals surface area contributed by atoms with Crippen LogP contribution in [0.3, 0.4) is 0 Å². The van der Waals surface area contributed by atoms with Gasteiger partial charge in [0.1, 0.15) is 17.7 Å². The monoisotopic (exact) mass is 287 g/mol. The Kier molecular flexibility index (Phi) is 6.04. The Morgan fingerprint density at radius 3 is 2.60 bits per heavy atom. The number of aliphatic carboxylic acids is 1. The van der Waals surface area contributed by atoms with Crippen molar-refractivity contribution in [2.45, 2.75) is 32.4 Å². The molecular formula is C14H19F2NO3. The standard InChI is InChI=1S/C14H19F2NO3/c1-3-8(2)13(14(19)20)17-7-12(18)10-6-9(15)4-5-11(10)16/h4-6,8,12-13,17-18H,3,7H2,1-2H3,(H,19,20). The highest BCUT2D eigenvalue weighted by atomic mass is 19.1. The summed E-state index contributed by atoms with van der Waals surface area (Å²) in [5.41, 5.74) is -0.189. The fraction of sp³-hybridized carbons (Fsp3) is 0.500. The third kappa shape index (κ3) is 4.25. The minimum atomic E-state index is -1.31. The van der Waals surface area contributed by atoms with Crippen molar-refractivity contribution >= 4 is 5.97 Å². The lowest BCUT2D eigenvalue weighted by Crippen LogP contribution is -2.43. The van der Waals surface area contributed by atoms with E-state index in [-0.39, 0.29) is 18.0 Å². The zero-order valence-electron chi connectivity index (χ0n) is 11.4. The second-order valence-electron chi connectivity index (χ2n) is 4.79. The van der Waals surface area contributed by atoms with Gasteiger partial charge in [-0.15, -0.1) is 0 Å². The van der Waals surface area contributed by atoms with Crippen LogP contribution in [0.5, 0.6) is 0 Å². The van der Waals surface area contributed by atoms with Crippen molar-refractivity contribution in [1.82, 2.24) is 5.32 Å². The van der Waals surface area contributed by atoms with Crippen molar-refractivity contribution in [2.24, 2.45) is 5.92 Å². The van der Waals surface area contributed by atoms with E-state index in [1.165, 1.54) is 0 Å².